The zero-order valence-electron chi connectivity index (χ0n) is 30.0. The van der Waals surface area contributed by atoms with Crippen LogP contribution < -0.4 is 0 Å². The molecule has 0 radical (unpaired) electrons. The van der Waals surface area contributed by atoms with Gasteiger partial charge in [-0.05, 0) is 44.9 Å². The first-order valence-corrected chi connectivity index (χ1v) is 18.0. The molecule has 0 spiro atoms. The summed E-state index contributed by atoms with van der Waals surface area (Å²) in [6, 6.07) is 0. The first-order chi connectivity index (χ1) is 22.1. The molecule has 0 aliphatic rings. The smallest absolute Gasteiger partial charge is 0.361 e. The molecule has 0 aliphatic carbocycles. The lowest BCUT2D eigenvalue weighted by Crippen LogP contribution is -2.40. The minimum atomic E-state index is -1.51. The number of rotatable bonds is 32. The van der Waals surface area contributed by atoms with E-state index in [1.165, 1.54) is 38.5 Å². The number of ether oxygens (including phenoxy) is 4. The lowest BCUT2D eigenvalue weighted by atomic mass is 10.1. The Labute approximate surface area is 280 Å². The van der Waals surface area contributed by atoms with E-state index in [9.17, 15) is 19.5 Å². The Bertz CT molecular complexity index is 821. The first kappa shape index (κ1) is 43.8. The summed E-state index contributed by atoms with van der Waals surface area (Å²) < 4.78 is 22.5. The van der Waals surface area contributed by atoms with E-state index in [0.29, 0.717) is 23.9 Å². The Balaban J connectivity index is 4.53. The first-order valence-electron chi connectivity index (χ1n) is 18.0. The quantitative estimate of drug-likeness (QED) is 0.0255. The van der Waals surface area contributed by atoms with E-state index in [2.05, 4.69) is 38.2 Å². The number of hydrogen-bond donors (Lipinski definition) is 1. The molecule has 0 aliphatic heterocycles. The van der Waals surface area contributed by atoms with Crippen molar-refractivity contribution in [2.45, 2.75) is 148 Å². The number of unbranched alkanes of at least 4 members (excludes halogenated alkanes) is 13. The summed E-state index contributed by atoms with van der Waals surface area (Å²) in [5, 5.41) is 9.54. The van der Waals surface area contributed by atoms with Crippen LogP contribution in [0.1, 0.15) is 136 Å². The molecule has 9 heteroatoms. The molecule has 2 atom stereocenters. The van der Waals surface area contributed by atoms with Crippen LogP contribution in [0.4, 0.5) is 0 Å². The SMILES string of the molecule is CCCCC/C=C\C/C=C\CCCCCCCC(=O)OC(COC(=O)CCCCCCCC)COC(OCC[N+](C)(C)C)C(=O)O. The fourth-order valence-electron chi connectivity index (χ4n) is 4.57. The van der Waals surface area contributed by atoms with Crippen LogP contribution in [0.15, 0.2) is 24.3 Å². The average Bonchev–Trinajstić information content (AvgIpc) is 3.00. The molecule has 0 amide bonds. The number of nitrogens with zero attached hydrogens (tertiary/aromatic N) is 1. The standard InChI is InChI=1S/C37H67NO8/c1-6-8-10-12-14-15-16-17-18-19-20-21-22-24-26-28-35(40)46-33(31-44-34(39)27-25-23-13-11-9-7-2)32-45-37(36(41)42)43-30-29-38(3,4)5/h14-15,17-18,33,37H,6-13,16,19-32H2,1-5H3/p+1/b15-14-,18-17-. The molecule has 46 heavy (non-hydrogen) atoms. The number of aliphatic carboxylic acids is 1. The largest absolute Gasteiger partial charge is 0.477 e. The number of likely N-dealkylation sites (N-methyl/N-ethyl adjacent to an activating group) is 1. The highest BCUT2D eigenvalue weighted by Gasteiger charge is 2.25. The Morgan fingerprint density at radius 3 is 1.76 bits per heavy atom. The van der Waals surface area contributed by atoms with Gasteiger partial charge in [0.2, 0.25) is 0 Å². The summed E-state index contributed by atoms with van der Waals surface area (Å²) in [7, 11) is 5.93. The van der Waals surface area contributed by atoms with Gasteiger partial charge in [-0.15, -0.1) is 0 Å². The van der Waals surface area contributed by atoms with Crippen molar-refractivity contribution >= 4 is 17.9 Å². The molecule has 0 heterocycles. The van der Waals surface area contributed by atoms with Crippen molar-refractivity contribution in [3.8, 4) is 0 Å². The van der Waals surface area contributed by atoms with Crippen LogP contribution in [0.25, 0.3) is 0 Å². The van der Waals surface area contributed by atoms with Crippen LogP contribution in [0.3, 0.4) is 0 Å². The third-order valence-corrected chi connectivity index (χ3v) is 7.46. The van der Waals surface area contributed by atoms with E-state index in [1.54, 1.807) is 0 Å². The van der Waals surface area contributed by atoms with E-state index in [0.717, 1.165) is 64.2 Å². The second-order valence-corrected chi connectivity index (χ2v) is 13.2. The lowest BCUT2D eigenvalue weighted by Gasteiger charge is -2.25. The summed E-state index contributed by atoms with van der Waals surface area (Å²) in [5.74, 6) is -2.04. The summed E-state index contributed by atoms with van der Waals surface area (Å²) in [6.45, 7) is 4.73. The van der Waals surface area contributed by atoms with Crippen LogP contribution >= 0.6 is 0 Å². The van der Waals surface area contributed by atoms with E-state index in [1.807, 2.05) is 21.1 Å². The Morgan fingerprint density at radius 2 is 1.17 bits per heavy atom. The predicted octanol–water partition coefficient (Wildman–Crippen LogP) is 8.16. The van der Waals surface area contributed by atoms with Crippen LogP contribution in [0.5, 0.6) is 0 Å². The Morgan fingerprint density at radius 1 is 0.652 bits per heavy atom. The molecule has 2 unspecified atom stereocenters. The molecule has 268 valence electrons. The van der Waals surface area contributed by atoms with Gasteiger partial charge in [0.05, 0.1) is 34.4 Å². The number of hydrogen-bond acceptors (Lipinski definition) is 7. The number of carbonyl (C=O) groups is 3. The summed E-state index contributed by atoms with van der Waals surface area (Å²) >= 11 is 0. The number of carboxylic acids is 1. The minimum absolute atomic E-state index is 0.186. The zero-order valence-corrected chi connectivity index (χ0v) is 30.0. The topological polar surface area (TPSA) is 108 Å². The molecule has 0 bridgehead atoms. The van der Waals surface area contributed by atoms with Crippen LogP contribution in [0, 0.1) is 0 Å². The molecule has 0 saturated carbocycles. The third-order valence-electron chi connectivity index (χ3n) is 7.46. The van der Waals surface area contributed by atoms with Crippen LogP contribution in [0.2, 0.25) is 0 Å². The number of quaternary nitrogens is 1. The van der Waals surface area contributed by atoms with Gasteiger partial charge in [0.1, 0.15) is 13.2 Å². The molecule has 1 N–H and O–H groups in total. The summed E-state index contributed by atoms with van der Waals surface area (Å²) in [4.78, 5) is 36.6. The van der Waals surface area contributed by atoms with Gasteiger partial charge in [-0.25, -0.2) is 4.79 Å². The van der Waals surface area contributed by atoms with Crippen molar-refractivity contribution in [3.05, 3.63) is 24.3 Å². The van der Waals surface area contributed by atoms with Gasteiger partial charge in [0, 0.05) is 12.8 Å². The molecular weight excluding hydrogens is 586 g/mol. The minimum Gasteiger partial charge on any atom is -0.477 e. The van der Waals surface area contributed by atoms with Crippen molar-refractivity contribution in [1.82, 2.24) is 0 Å². The predicted molar refractivity (Wildman–Crippen MR) is 184 cm³/mol. The van der Waals surface area contributed by atoms with Crippen molar-refractivity contribution in [1.29, 1.82) is 0 Å². The second-order valence-electron chi connectivity index (χ2n) is 13.2. The molecule has 9 nitrogen and oxygen atoms in total. The van der Waals surface area contributed by atoms with Gasteiger partial charge in [-0.2, -0.15) is 0 Å². The maximum Gasteiger partial charge on any atom is 0.361 e. The summed E-state index contributed by atoms with van der Waals surface area (Å²) in [6.07, 6.45) is 25.5. The number of carbonyl (C=O) groups excluding carboxylic acids is 2. The number of carboxylic acid groups (broad SMARTS) is 1. The number of allylic oxidation sites excluding steroid dienone is 4. The van der Waals surface area contributed by atoms with Crippen molar-refractivity contribution in [2.24, 2.45) is 0 Å². The van der Waals surface area contributed by atoms with Gasteiger partial charge < -0.3 is 28.5 Å². The second kappa shape index (κ2) is 30.1. The zero-order chi connectivity index (χ0) is 34.3. The maximum atomic E-state index is 12.6. The van der Waals surface area contributed by atoms with Gasteiger partial charge in [-0.1, -0.05) is 102 Å². The molecule has 0 aromatic carbocycles. The van der Waals surface area contributed by atoms with E-state index >= 15 is 0 Å². The number of esters is 2. The van der Waals surface area contributed by atoms with Crippen LogP contribution in [-0.2, 0) is 33.3 Å². The fraction of sp³-hybridized carbons (Fsp3) is 0.811. The highest BCUT2D eigenvalue weighted by Crippen LogP contribution is 2.12. The van der Waals surface area contributed by atoms with Crippen molar-refractivity contribution in [2.75, 3.05) is 47.5 Å². The van der Waals surface area contributed by atoms with Crippen molar-refractivity contribution in [3.63, 3.8) is 0 Å². The van der Waals surface area contributed by atoms with Crippen LogP contribution in [-0.4, -0.2) is 87.4 Å². The normalized spacial score (nSPS) is 13.3. The third kappa shape index (κ3) is 30.4. The van der Waals surface area contributed by atoms with E-state index in [-0.39, 0.29) is 32.2 Å². The fourth-order valence-corrected chi connectivity index (χ4v) is 4.57. The summed E-state index contributed by atoms with van der Waals surface area (Å²) in [5.41, 5.74) is 0. The molecule has 0 aromatic rings. The van der Waals surface area contributed by atoms with Gasteiger partial charge >= 0.3 is 17.9 Å². The monoisotopic (exact) mass is 654 g/mol. The molecule has 0 aromatic heterocycles. The Kier molecular flexibility index (Phi) is 28.7. The molecular formula is C37H68NO8+. The van der Waals surface area contributed by atoms with E-state index < -0.39 is 24.3 Å². The Hall–Kier alpha value is -2.23. The average molecular weight is 655 g/mol. The highest BCUT2D eigenvalue weighted by molar-refractivity contribution is 5.71. The van der Waals surface area contributed by atoms with Gasteiger partial charge in [0.15, 0.2) is 6.10 Å². The molecule has 0 fully saturated rings. The highest BCUT2D eigenvalue weighted by atomic mass is 16.7. The molecule has 0 rings (SSSR count). The maximum absolute atomic E-state index is 12.6. The van der Waals surface area contributed by atoms with Gasteiger partial charge in [-0.3, -0.25) is 9.59 Å². The van der Waals surface area contributed by atoms with Crippen molar-refractivity contribution < 1.29 is 42.9 Å². The molecule has 0 saturated heterocycles. The van der Waals surface area contributed by atoms with E-state index in [4.69, 9.17) is 18.9 Å². The van der Waals surface area contributed by atoms with Gasteiger partial charge in [0.25, 0.3) is 6.29 Å². The lowest BCUT2D eigenvalue weighted by molar-refractivity contribution is -0.870.